The van der Waals surface area contributed by atoms with Crippen LogP contribution in [0.4, 0.5) is 19.1 Å². The molecular weight excluding hydrogens is 211 g/mol. The van der Waals surface area contributed by atoms with Gasteiger partial charge in [-0.1, -0.05) is 0 Å². The maximum Gasteiger partial charge on any atom is 0.390 e. The SMILES string of the molecule is CN(CCC(F)(F)F)c1ccc(C=O)o1. The third-order valence-electron chi connectivity index (χ3n) is 1.84. The molecule has 15 heavy (non-hydrogen) atoms. The van der Waals surface area contributed by atoms with Gasteiger partial charge in [-0.3, -0.25) is 4.79 Å². The van der Waals surface area contributed by atoms with Gasteiger partial charge in [0.15, 0.2) is 17.9 Å². The zero-order valence-corrected chi connectivity index (χ0v) is 8.04. The van der Waals surface area contributed by atoms with Crippen molar-refractivity contribution in [2.24, 2.45) is 0 Å². The van der Waals surface area contributed by atoms with Crippen molar-refractivity contribution in [3.63, 3.8) is 0 Å². The van der Waals surface area contributed by atoms with Crippen molar-refractivity contribution in [2.45, 2.75) is 12.6 Å². The van der Waals surface area contributed by atoms with E-state index in [9.17, 15) is 18.0 Å². The van der Waals surface area contributed by atoms with Crippen molar-refractivity contribution < 1.29 is 22.4 Å². The molecule has 0 N–H and O–H groups in total. The smallest absolute Gasteiger partial charge is 0.390 e. The van der Waals surface area contributed by atoms with Crippen molar-refractivity contribution in [3.8, 4) is 0 Å². The lowest BCUT2D eigenvalue weighted by molar-refractivity contribution is -0.132. The van der Waals surface area contributed by atoms with Gasteiger partial charge in [0.1, 0.15) is 0 Å². The fourth-order valence-electron chi connectivity index (χ4n) is 1.02. The van der Waals surface area contributed by atoms with E-state index in [-0.39, 0.29) is 18.2 Å². The predicted molar refractivity (Wildman–Crippen MR) is 48.0 cm³/mol. The molecule has 0 spiro atoms. The molecule has 0 aromatic carbocycles. The maximum absolute atomic E-state index is 11.9. The minimum absolute atomic E-state index is 0.101. The summed E-state index contributed by atoms with van der Waals surface area (Å²) < 4.78 is 40.6. The van der Waals surface area contributed by atoms with Gasteiger partial charge in [0.2, 0.25) is 0 Å². The average Bonchev–Trinajstić information content (AvgIpc) is 2.61. The predicted octanol–water partition coefficient (Wildman–Crippen LogP) is 2.48. The first-order valence-electron chi connectivity index (χ1n) is 4.25. The Morgan fingerprint density at radius 1 is 1.47 bits per heavy atom. The van der Waals surface area contributed by atoms with Crippen LogP contribution in [0.3, 0.4) is 0 Å². The van der Waals surface area contributed by atoms with Gasteiger partial charge in [0, 0.05) is 19.7 Å². The summed E-state index contributed by atoms with van der Waals surface area (Å²) in [7, 11) is 1.47. The second-order valence-corrected chi connectivity index (χ2v) is 3.08. The topological polar surface area (TPSA) is 33.5 Å². The molecule has 3 nitrogen and oxygen atoms in total. The summed E-state index contributed by atoms with van der Waals surface area (Å²) in [6.07, 6.45) is -4.60. The minimum Gasteiger partial charge on any atom is -0.438 e. The van der Waals surface area contributed by atoms with Crippen molar-refractivity contribution in [3.05, 3.63) is 17.9 Å². The molecular formula is C9H10F3NO2. The normalized spacial score (nSPS) is 11.5. The number of nitrogens with zero attached hydrogens (tertiary/aromatic N) is 1. The van der Waals surface area contributed by atoms with E-state index in [2.05, 4.69) is 0 Å². The molecule has 1 aromatic heterocycles. The lowest BCUT2D eigenvalue weighted by Gasteiger charge is -2.16. The zero-order chi connectivity index (χ0) is 11.5. The Balaban J connectivity index is 2.53. The van der Waals surface area contributed by atoms with Crippen molar-refractivity contribution in [1.29, 1.82) is 0 Å². The molecule has 6 heteroatoms. The van der Waals surface area contributed by atoms with E-state index in [1.54, 1.807) is 0 Å². The summed E-state index contributed by atoms with van der Waals surface area (Å²) >= 11 is 0. The molecule has 0 fully saturated rings. The Morgan fingerprint density at radius 3 is 2.60 bits per heavy atom. The highest BCUT2D eigenvalue weighted by Gasteiger charge is 2.27. The fraction of sp³-hybridized carbons (Fsp3) is 0.444. The summed E-state index contributed by atoms with van der Waals surface area (Å²) in [4.78, 5) is 11.6. The first-order chi connectivity index (χ1) is 6.92. The van der Waals surface area contributed by atoms with Crippen LogP contribution < -0.4 is 4.90 Å². The molecule has 84 valence electrons. The summed E-state index contributed by atoms with van der Waals surface area (Å²) in [5.41, 5.74) is 0. The monoisotopic (exact) mass is 221 g/mol. The maximum atomic E-state index is 11.9. The highest BCUT2D eigenvalue weighted by Crippen LogP contribution is 2.22. The molecule has 1 heterocycles. The van der Waals surface area contributed by atoms with Crippen molar-refractivity contribution >= 4 is 12.2 Å². The molecule has 0 saturated heterocycles. The van der Waals surface area contributed by atoms with Gasteiger partial charge in [0.25, 0.3) is 0 Å². The Bertz CT molecular complexity index is 332. The van der Waals surface area contributed by atoms with Gasteiger partial charge >= 0.3 is 6.18 Å². The first kappa shape index (κ1) is 11.6. The van der Waals surface area contributed by atoms with E-state index in [0.717, 1.165) is 0 Å². The Hall–Kier alpha value is -1.46. The third-order valence-corrected chi connectivity index (χ3v) is 1.84. The van der Waals surface area contributed by atoms with Crippen LogP contribution in [-0.4, -0.2) is 26.1 Å². The molecule has 1 aromatic rings. The number of alkyl halides is 3. The minimum atomic E-state index is -4.19. The zero-order valence-electron chi connectivity index (χ0n) is 8.04. The number of hydrogen-bond donors (Lipinski definition) is 0. The van der Waals surface area contributed by atoms with Crippen molar-refractivity contribution in [2.75, 3.05) is 18.5 Å². The van der Waals surface area contributed by atoms with E-state index in [0.29, 0.717) is 6.29 Å². The third kappa shape index (κ3) is 3.65. The number of furan rings is 1. The number of halogens is 3. The van der Waals surface area contributed by atoms with E-state index in [1.807, 2.05) is 0 Å². The second-order valence-electron chi connectivity index (χ2n) is 3.08. The summed E-state index contributed by atoms with van der Waals surface area (Å²) in [5.74, 6) is 0.352. The van der Waals surface area contributed by atoms with Crippen molar-refractivity contribution in [1.82, 2.24) is 0 Å². The Labute approximate surface area is 84.5 Å². The standard InChI is InChI=1S/C9H10F3NO2/c1-13(5-4-9(10,11)12)8-3-2-7(6-14)15-8/h2-3,6H,4-5H2,1H3. The number of aldehydes is 1. The summed E-state index contributed by atoms with van der Waals surface area (Å²) in [5, 5.41) is 0. The van der Waals surface area contributed by atoms with Gasteiger partial charge in [0.05, 0.1) is 6.42 Å². The molecule has 0 aliphatic rings. The summed E-state index contributed by atoms with van der Waals surface area (Å²) in [6.45, 7) is -0.199. The summed E-state index contributed by atoms with van der Waals surface area (Å²) in [6, 6.07) is 2.87. The van der Waals surface area contributed by atoms with Crippen LogP contribution in [0.25, 0.3) is 0 Å². The van der Waals surface area contributed by atoms with Gasteiger partial charge < -0.3 is 9.32 Å². The van der Waals surface area contributed by atoms with Crippen LogP contribution in [0.1, 0.15) is 17.0 Å². The Morgan fingerprint density at radius 2 is 2.13 bits per heavy atom. The van der Waals surface area contributed by atoms with Crippen LogP contribution in [0.5, 0.6) is 0 Å². The highest BCUT2D eigenvalue weighted by atomic mass is 19.4. The van der Waals surface area contributed by atoms with E-state index in [4.69, 9.17) is 4.42 Å². The van der Waals surface area contributed by atoms with Gasteiger partial charge in [-0.15, -0.1) is 0 Å². The van der Waals surface area contributed by atoms with Gasteiger partial charge in [-0.2, -0.15) is 13.2 Å². The largest absolute Gasteiger partial charge is 0.438 e. The number of carbonyl (C=O) groups excluding carboxylic acids is 1. The fourth-order valence-corrected chi connectivity index (χ4v) is 1.02. The van der Waals surface area contributed by atoms with Crippen LogP contribution in [-0.2, 0) is 0 Å². The molecule has 0 aliphatic carbocycles. The molecule has 0 atom stereocenters. The first-order valence-corrected chi connectivity index (χ1v) is 4.25. The molecule has 0 saturated carbocycles. The molecule has 0 unspecified atom stereocenters. The van der Waals surface area contributed by atoms with Crippen LogP contribution in [0.2, 0.25) is 0 Å². The molecule has 0 bridgehead atoms. The van der Waals surface area contributed by atoms with Crippen LogP contribution >= 0.6 is 0 Å². The van der Waals surface area contributed by atoms with E-state index in [1.165, 1.54) is 24.1 Å². The average molecular weight is 221 g/mol. The van der Waals surface area contributed by atoms with Crippen LogP contribution in [0.15, 0.2) is 16.5 Å². The van der Waals surface area contributed by atoms with E-state index >= 15 is 0 Å². The highest BCUT2D eigenvalue weighted by molar-refractivity contribution is 5.71. The Kier molecular flexibility index (Phi) is 3.39. The second kappa shape index (κ2) is 4.37. The van der Waals surface area contributed by atoms with Crippen LogP contribution in [0, 0.1) is 0 Å². The lowest BCUT2D eigenvalue weighted by atomic mass is 10.4. The van der Waals surface area contributed by atoms with Gasteiger partial charge in [-0.05, 0) is 6.07 Å². The number of carbonyl (C=O) groups is 1. The molecule has 1 rings (SSSR count). The number of hydrogen-bond acceptors (Lipinski definition) is 3. The number of rotatable bonds is 4. The van der Waals surface area contributed by atoms with E-state index < -0.39 is 12.6 Å². The number of anilines is 1. The molecule has 0 aliphatic heterocycles. The molecule has 0 radical (unpaired) electrons. The molecule has 0 amide bonds. The van der Waals surface area contributed by atoms with Gasteiger partial charge in [-0.25, -0.2) is 0 Å². The quantitative estimate of drug-likeness (QED) is 0.732. The lowest BCUT2D eigenvalue weighted by Crippen LogP contribution is -2.23.